The van der Waals surface area contributed by atoms with Gasteiger partial charge in [-0.25, -0.2) is 0 Å². The molecule has 4 heteroatoms. The summed E-state index contributed by atoms with van der Waals surface area (Å²) >= 11 is 0. The van der Waals surface area contributed by atoms with Crippen LogP contribution in [0.15, 0.2) is 24.3 Å². The molecule has 0 N–H and O–H groups in total. The summed E-state index contributed by atoms with van der Waals surface area (Å²) in [6.07, 6.45) is 7.01. The van der Waals surface area contributed by atoms with Gasteiger partial charge in [-0.2, -0.15) is 0 Å². The van der Waals surface area contributed by atoms with Gasteiger partial charge in [0, 0.05) is 13.2 Å². The Morgan fingerprint density at radius 3 is 1.35 bits per heavy atom. The van der Waals surface area contributed by atoms with Gasteiger partial charge in [0.25, 0.3) is 0 Å². The summed E-state index contributed by atoms with van der Waals surface area (Å²) in [7, 11) is 0. The van der Waals surface area contributed by atoms with E-state index in [4.69, 9.17) is 18.9 Å². The zero-order chi connectivity index (χ0) is 18.3. The first-order valence-corrected chi connectivity index (χ1v) is 10.2. The zero-order valence-corrected chi connectivity index (χ0v) is 16.4. The van der Waals surface area contributed by atoms with Crippen LogP contribution in [0.5, 0.6) is 0 Å². The molecular formula is C22H34O4. The van der Waals surface area contributed by atoms with Gasteiger partial charge < -0.3 is 18.9 Å². The lowest BCUT2D eigenvalue weighted by Crippen LogP contribution is -2.44. The first-order chi connectivity index (χ1) is 12.7. The lowest BCUT2D eigenvalue weighted by Gasteiger charge is -2.41. The minimum Gasteiger partial charge on any atom is -0.374 e. The van der Waals surface area contributed by atoms with Crippen molar-refractivity contribution in [3.63, 3.8) is 0 Å². The number of benzene rings is 1. The van der Waals surface area contributed by atoms with Crippen LogP contribution in [0.4, 0.5) is 0 Å². The number of hydrogen-bond donors (Lipinski definition) is 0. The molecule has 0 bridgehead atoms. The van der Waals surface area contributed by atoms with Crippen LogP contribution < -0.4 is 0 Å². The van der Waals surface area contributed by atoms with Gasteiger partial charge in [-0.05, 0) is 63.5 Å². The topological polar surface area (TPSA) is 36.9 Å². The van der Waals surface area contributed by atoms with Crippen LogP contribution in [0.2, 0.25) is 0 Å². The fraction of sp³-hybridized carbons (Fsp3) is 0.727. The molecule has 2 aliphatic rings. The zero-order valence-electron chi connectivity index (χ0n) is 16.4. The molecule has 0 aliphatic heterocycles. The van der Waals surface area contributed by atoms with Gasteiger partial charge in [-0.15, -0.1) is 0 Å². The number of rotatable bonds is 12. The molecule has 4 nitrogen and oxygen atoms in total. The minimum atomic E-state index is -0.0133. The Hall–Kier alpha value is -0.940. The van der Waals surface area contributed by atoms with E-state index in [1.807, 2.05) is 0 Å². The van der Waals surface area contributed by atoms with Crippen LogP contribution in [-0.4, -0.2) is 37.6 Å². The van der Waals surface area contributed by atoms with Gasteiger partial charge >= 0.3 is 0 Å². The Morgan fingerprint density at radius 1 is 0.692 bits per heavy atom. The van der Waals surface area contributed by atoms with E-state index in [-0.39, 0.29) is 11.2 Å². The molecule has 3 rings (SSSR count). The molecule has 2 aliphatic carbocycles. The van der Waals surface area contributed by atoms with Gasteiger partial charge in [0.15, 0.2) is 0 Å². The Balaban J connectivity index is 1.37. The van der Waals surface area contributed by atoms with Gasteiger partial charge in [0.2, 0.25) is 0 Å². The van der Waals surface area contributed by atoms with Crippen molar-refractivity contribution in [3.8, 4) is 0 Å². The molecule has 0 spiro atoms. The molecule has 0 heterocycles. The lowest BCUT2D eigenvalue weighted by molar-refractivity contribution is -0.141. The molecule has 0 radical (unpaired) electrons. The Morgan fingerprint density at radius 2 is 1.08 bits per heavy atom. The van der Waals surface area contributed by atoms with E-state index in [0.29, 0.717) is 26.4 Å². The highest BCUT2D eigenvalue weighted by Crippen LogP contribution is 2.36. The molecule has 0 saturated heterocycles. The molecule has 1 aromatic carbocycles. The van der Waals surface area contributed by atoms with E-state index in [9.17, 15) is 0 Å². The molecule has 0 amide bonds. The van der Waals surface area contributed by atoms with Crippen molar-refractivity contribution in [2.75, 3.05) is 26.4 Å². The smallest absolute Gasteiger partial charge is 0.0914 e. The molecule has 0 atom stereocenters. The third-order valence-corrected chi connectivity index (χ3v) is 5.72. The molecule has 0 unspecified atom stereocenters. The third kappa shape index (κ3) is 5.07. The summed E-state index contributed by atoms with van der Waals surface area (Å²) in [5.41, 5.74) is 2.37. The summed E-state index contributed by atoms with van der Waals surface area (Å²) in [5, 5.41) is 0. The van der Waals surface area contributed by atoms with E-state index < -0.39 is 0 Å². The summed E-state index contributed by atoms with van der Waals surface area (Å²) in [6, 6.07) is 8.53. The maximum atomic E-state index is 5.92. The standard InChI is InChI=1S/C22H34O4/c1-3-25-21(11-5-12-21)17-23-15-19-7-9-20(10-8-19)16-24-18-22(26-4-2)13-6-14-22/h7-10H,3-6,11-18H2,1-2H3. The second kappa shape index (κ2) is 9.32. The van der Waals surface area contributed by atoms with E-state index in [2.05, 4.69) is 38.1 Å². The largest absolute Gasteiger partial charge is 0.374 e. The second-order valence-corrected chi connectivity index (χ2v) is 7.74. The average Bonchev–Trinajstić information content (AvgIpc) is 2.58. The fourth-order valence-electron chi connectivity index (χ4n) is 3.86. The maximum absolute atomic E-state index is 5.92. The van der Waals surface area contributed by atoms with E-state index in [1.165, 1.54) is 24.0 Å². The summed E-state index contributed by atoms with van der Waals surface area (Å²) in [4.78, 5) is 0. The van der Waals surface area contributed by atoms with Gasteiger partial charge in [0.1, 0.15) is 0 Å². The molecule has 0 aromatic heterocycles. The van der Waals surface area contributed by atoms with Crippen LogP contribution in [0.3, 0.4) is 0 Å². The first kappa shape index (κ1) is 19.8. The van der Waals surface area contributed by atoms with Crippen molar-refractivity contribution in [2.24, 2.45) is 0 Å². The van der Waals surface area contributed by atoms with E-state index in [1.54, 1.807) is 0 Å². The predicted molar refractivity (Wildman–Crippen MR) is 102 cm³/mol. The first-order valence-electron chi connectivity index (χ1n) is 10.2. The van der Waals surface area contributed by atoms with Crippen LogP contribution in [0, 0.1) is 0 Å². The number of ether oxygens (including phenoxy) is 4. The highest BCUT2D eigenvalue weighted by molar-refractivity contribution is 5.21. The monoisotopic (exact) mass is 362 g/mol. The average molecular weight is 363 g/mol. The third-order valence-electron chi connectivity index (χ3n) is 5.72. The van der Waals surface area contributed by atoms with Crippen LogP contribution in [-0.2, 0) is 32.2 Å². The normalized spacial score (nSPS) is 20.4. The summed E-state index contributed by atoms with van der Waals surface area (Å²) in [6.45, 7) is 8.33. The second-order valence-electron chi connectivity index (χ2n) is 7.74. The van der Waals surface area contributed by atoms with Crippen molar-refractivity contribution in [2.45, 2.75) is 76.8 Å². The summed E-state index contributed by atoms with van der Waals surface area (Å²) in [5.74, 6) is 0. The maximum Gasteiger partial charge on any atom is 0.0914 e. The van der Waals surface area contributed by atoms with Gasteiger partial charge in [-0.1, -0.05) is 24.3 Å². The minimum absolute atomic E-state index is 0.0133. The van der Waals surface area contributed by atoms with Crippen molar-refractivity contribution in [3.05, 3.63) is 35.4 Å². The van der Waals surface area contributed by atoms with Crippen LogP contribution >= 0.6 is 0 Å². The SMILES string of the molecule is CCOC1(COCc2ccc(COCC3(OCC)CCC3)cc2)CCC1. The Labute approximate surface area is 158 Å². The fourth-order valence-corrected chi connectivity index (χ4v) is 3.86. The predicted octanol–water partition coefficient (Wildman–Crippen LogP) is 4.64. The van der Waals surface area contributed by atoms with Crippen molar-refractivity contribution < 1.29 is 18.9 Å². The Bertz CT molecular complexity index is 483. The molecule has 1 aromatic rings. The quantitative estimate of drug-likeness (QED) is 0.543. The molecule has 146 valence electrons. The highest BCUT2D eigenvalue weighted by atomic mass is 16.5. The van der Waals surface area contributed by atoms with Crippen LogP contribution in [0.1, 0.15) is 63.5 Å². The van der Waals surface area contributed by atoms with Crippen molar-refractivity contribution >= 4 is 0 Å². The molecule has 26 heavy (non-hydrogen) atoms. The molecule has 2 fully saturated rings. The van der Waals surface area contributed by atoms with Gasteiger partial charge in [-0.3, -0.25) is 0 Å². The van der Waals surface area contributed by atoms with Crippen molar-refractivity contribution in [1.29, 1.82) is 0 Å². The molecule has 2 saturated carbocycles. The number of hydrogen-bond acceptors (Lipinski definition) is 4. The highest BCUT2D eigenvalue weighted by Gasteiger charge is 2.38. The van der Waals surface area contributed by atoms with E-state index >= 15 is 0 Å². The lowest BCUT2D eigenvalue weighted by atomic mass is 9.80. The molecular weight excluding hydrogens is 328 g/mol. The van der Waals surface area contributed by atoms with Gasteiger partial charge in [0.05, 0.1) is 37.6 Å². The Kier molecular flexibility index (Phi) is 7.10. The van der Waals surface area contributed by atoms with E-state index in [0.717, 1.165) is 38.9 Å². The van der Waals surface area contributed by atoms with Crippen LogP contribution in [0.25, 0.3) is 0 Å². The van der Waals surface area contributed by atoms with Crippen molar-refractivity contribution in [1.82, 2.24) is 0 Å². The summed E-state index contributed by atoms with van der Waals surface area (Å²) < 4.78 is 23.6.